The van der Waals surface area contributed by atoms with Crippen LogP contribution in [0.3, 0.4) is 0 Å². The molecule has 1 aromatic heterocycles. The molecule has 23 heavy (non-hydrogen) atoms. The molecule has 0 aliphatic rings. The Labute approximate surface area is 138 Å². The molecule has 0 saturated carbocycles. The highest BCUT2D eigenvalue weighted by atomic mass is 16.1. The van der Waals surface area contributed by atoms with Gasteiger partial charge >= 0.3 is 0 Å². The number of nitrogens with one attached hydrogen (secondary N) is 2. The van der Waals surface area contributed by atoms with Crippen molar-refractivity contribution in [3.05, 3.63) is 53.7 Å². The number of aromatic nitrogens is 1. The first-order valence-electron chi connectivity index (χ1n) is 8.18. The van der Waals surface area contributed by atoms with Crippen molar-refractivity contribution in [2.75, 3.05) is 10.6 Å². The summed E-state index contributed by atoms with van der Waals surface area (Å²) >= 11 is 0. The van der Waals surface area contributed by atoms with Crippen LogP contribution < -0.4 is 10.6 Å². The SMILES string of the molecule is CCC(CC)C(=O)Nc1ccc(NCc2cccc(C)c2)nc1. The molecular formula is C19H25N3O. The Kier molecular flexibility index (Phi) is 6.15. The predicted molar refractivity (Wildman–Crippen MR) is 95.4 cm³/mol. The third kappa shape index (κ3) is 5.09. The van der Waals surface area contributed by atoms with E-state index in [-0.39, 0.29) is 11.8 Å². The highest BCUT2D eigenvalue weighted by molar-refractivity contribution is 5.92. The van der Waals surface area contributed by atoms with Gasteiger partial charge in [0.1, 0.15) is 5.82 Å². The third-order valence-corrected chi connectivity index (χ3v) is 3.94. The summed E-state index contributed by atoms with van der Waals surface area (Å²) in [6.45, 7) is 6.88. The first-order valence-corrected chi connectivity index (χ1v) is 8.18. The van der Waals surface area contributed by atoms with Crippen LogP contribution in [0.25, 0.3) is 0 Å². The fourth-order valence-corrected chi connectivity index (χ4v) is 2.49. The molecule has 1 amide bonds. The number of hydrogen-bond donors (Lipinski definition) is 2. The highest BCUT2D eigenvalue weighted by Crippen LogP contribution is 2.15. The highest BCUT2D eigenvalue weighted by Gasteiger charge is 2.14. The standard InChI is InChI=1S/C19H25N3O/c1-4-16(5-2)19(23)22-17-9-10-18(21-13-17)20-12-15-8-6-7-14(3)11-15/h6-11,13,16H,4-5,12H2,1-3H3,(H,20,21)(H,22,23). The van der Waals surface area contributed by atoms with Crippen molar-refractivity contribution >= 4 is 17.4 Å². The van der Waals surface area contributed by atoms with Crippen LogP contribution in [-0.2, 0) is 11.3 Å². The maximum Gasteiger partial charge on any atom is 0.227 e. The molecule has 0 unspecified atom stereocenters. The van der Waals surface area contributed by atoms with Crippen molar-refractivity contribution < 1.29 is 4.79 Å². The lowest BCUT2D eigenvalue weighted by Crippen LogP contribution is -2.21. The topological polar surface area (TPSA) is 54.0 Å². The van der Waals surface area contributed by atoms with E-state index in [1.807, 2.05) is 26.0 Å². The molecule has 0 spiro atoms. The Morgan fingerprint density at radius 3 is 2.57 bits per heavy atom. The lowest BCUT2D eigenvalue weighted by atomic mass is 10.0. The fraction of sp³-hybridized carbons (Fsp3) is 0.368. The average Bonchev–Trinajstić information content (AvgIpc) is 2.55. The summed E-state index contributed by atoms with van der Waals surface area (Å²) in [5.74, 6) is 0.929. The predicted octanol–water partition coefficient (Wildman–Crippen LogP) is 4.38. The zero-order chi connectivity index (χ0) is 16.7. The molecule has 122 valence electrons. The third-order valence-electron chi connectivity index (χ3n) is 3.94. The summed E-state index contributed by atoms with van der Waals surface area (Å²) in [6.07, 6.45) is 3.40. The number of carbonyl (C=O) groups excluding carboxylic acids is 1. The second kappa shape index (κ2) is 8.32. The van der Waals surface area contributed by atoms with Gasteiger partial charge in [-0.05, 0) is 37.5 Å². The zero-order valence-corrected chi connectivity index (χ0v) is 14.1. The normalized spacial score (nSPS) is 10.6. The van der Waals surface area contributed by atoms with E-state index < -0.39 is 0 Å². The van der Waals surface area contributed by atoms with E-state index >= 15 is 0 Å². The molecular weight excluding hydrogens is 286 g/mol. The molecule has 0 radical (unpaired) electrons. The molecule has 1 aromatic carbocycles. The fourth-order valence-electron chi connectivity index (χ4n) is 2.49. The summed E-state index contributed by atoms with van der Waals surface area (Å²) in [6, 6.07) is 12.1. The monoisotopic (exact) mass is 311 g/mol. The Morgan fingerprint density at radius 2 is 1.96 bits per heavy atom. The van der Waals surface area contributed by atoms with Crippen LogP contribution in [0, 0.1) is 12.8 Å². The lowest BCUT2D eigenvalue weighted by Gasteiger charge is -2.13. The Hall–Kier alpha value is -2.36. The number of benzene rings is 1. The molecule has 4 heteroatoms. The number of nitrogens with zero attached hydrogens (tertiary/aromatic N) is 1. The van der Waals surface area contributed by atoms with Gasteiger partial charge in [-0.15, -0.1) is 0 Å². The minimum atomic E-state index is 0.0640. The molecule has 2 N–H and O–H groups in total. The van der Waals surface area contributed by atoms with Gasteiger partial charge < -0.3 is 10.6 Å². The van der Waals surface area contributed by atoms with Crippen LogP contribution in [0.5, 0.6) is 0 Å². The molecule has 0 saturated heterocycles. The zero-order valence-electron chi connectivity index (χ0n) is 14.1. The molecule has 2 aromatic rings. The van der Waals surface area contributed by atoms with Crippen LogP contribution in [0.15, 0.2) is 42.6 Å². The molecule has 0 aliphatic heterocycles. The molecule has 0 atom stereocenters. The smallest absolute Gasteiger partial charge is 0.227 e. The van der Waals surface area contributed by atoms with Gasteiger partial charge in [-0.1, -0.05) is 43.7 Å². The van der Waals surface area contributed by atoms with Crippen molar-refractivity contribution in [2.24, 2.45) is 5.92 Å². The second-order valence-electron chi connectivity index (χ2n) is 5.78. The van der Waals surface area contributed by atoms with Gasteiger partial charge in [-0.25, -0.2) is 4.98 Å². The summed E-state index contributed by atoms with van der Waals surface area (Å²) in [7, 11) is 0. The molecule has 0 fully saturated rings. The van der Waals surface area contributed by atoms with E-state index in [4.69, 9.17) is 0 Å². The number of carbonyl (C=O) groups is 1. The number of amides is 1. The molecule has 4 nitrogen and oxygen atoms in total. The quantitative estimate of drug-likeness (QED) is 0.798. The molecule has 0 bridgehead atoms. The van der Waals surface area contributed by atoms with Gasteiger partial charge in [0.2, 0.25) is 5.91 Å². The maximum atomic E-state index is 12.0. The molecule has 2 rings (SSSR count). The summed E-state index contributed by atoms with van der Waals surface area (Å²) in [5, 5.41) is 6.21. The van der Waals surface area contributed by atoms with Crippen LogP contribution in [0.2, 0.25) is 0 Å². The Balaban J connectivity index is 1.90. The van der Waals surface area contributed by atoms with Crippen molar-refractivity contribution in [2.45, 2.75) is 40.2 Å². The Bertz CT molecular complexity index is 633. The average molecular weight is 311 g/mol. The van der Waals surface area contributed by atoms with Crippen molar-refractivity contribution in [3.63, 3.8) is 0 Å². The lowest BCUT2D eigenvalue weighted by molar-refractivity contribution is -0.120. The number of anilines is 2. The maximum absolute atomic E-state index is 12.0. The first kappa shape index (κ1) is 17.0. The molecule has 1 heterocycles. The van der Waals surface area contributed by atoms with Gasteiger partial charge in [-0.2, -0.15) is 0 Å². The van der Waals surface area contributed by atoms with E-state index in [1.54, 1.807) is 6.20 Å². The number of pyridine rings is 1. The van der Waals surface area contributed by atoms with E-state index in [9.17, 15) is 4.79 Å². The van der Waals surface area contributed by atoms with Crippen LogP contribution in [0.1, 0.15) is 37.8 Å². The Morgan fingerprint density at radius 1 is 1.17 bits per heavy atom. The minimum Gasteiger partial charge on any atom is -0.366 e. The van der Waals surface area contributed by atoms with E-state index in [0.29, 0.717) is 0 Å². The number of aryl methyl sites for hydroxylation is 1. The van der Waals surface area contributed by atoms with Gasteiger partial charge in [0.05, 0.1) is 11.9 Å². The largest absolute Gasteiger partial charge is 0.366 e. The molecule has 0 aliphatic carbocycles. The van der Waals surface area contributed by atoms with Crippen LogP contribution in [-0.4, -0.2) is 10.9 Å². The number of hydrogen-bond acceptors (Lipinski definition) is 3. The van der Waals surface area contributed by atoms with Gasteiger partial charge in [0.25, 0.3) is 0 Å². The minimum absolute atomic E-state index is 0.0640. The van der Waals surface area contributed by atoms with Gasteiger partial charge in [0.15, 0.2) is 0 Å². The van der Waals surface area contributed by atoms with Gasteiger partial charge in [0, 0.05) is 12.5 Å². The summed E-state index contributed by atoms with van der Waals surface area (Å²) < 4.78 is 0. The van der Waals surface area contributed by atoms with E-state index in [2.05, 4.69) is 46.8 Å². The first-order chi connectivity index (χ1) is 11.1. The summed E-state index contributed by atoms with van der Waals surface area (Å²) in [5.41, 5.74) is 3.21. The van der Waals surface area contributed by atoms with Crippen molar-refractivity contribution in [1.29, 1.82) is 0 Å². The number of rotatable bonds is 7. The van der Waals surface area contributed by atoms with E-state index in [1.165, 1.54) is 11.1 Å². The van der Waals surface area contributed by atoms with Crippen LogP contribution in [0.4, 0.5) is 11.5 Å². The van der Waals surface area contributed by atoms with Crippen molar-refractivity contribution in [1.82, 2.24) is 4.98 Å². The second-order valence-corrected chi connectivity index (χ2v) is 5.78. The van der Waals surface area contributed by atoms with Crippen LogP contribution >= 0.6 is 0 Å². The van der Waals surface area contributed by atoms with Crippen molar-refractivity contribution in [3.8, 4) is 0 Å². The summed E-state index contributed by atoms with van der Waals surface area (Å²) in [4.78, 5) is 16.4. The van der Waals surface area contributed by atoms with Gasteiger partial charge in [-0.3, -0.25) is 4.79 Å². The van der Waals surface area contributed by atoms with E-state index in [0.717, 1.165) is 30.9 Å².